The molecule has 4 nitrogen and oxygen atoms in total. The van der Waals surface area contributed by atoms with Crippen LogP contribution in [0.1, 0.15) is 49.9 Å². The zero-order valence-corrected chi connectivity index (χ0v) is 11.7. The van der Waals surface area contributed by atoms with Crippen molar-refractivity contribution in [1.82, 2.24) is 5.32 Å². The summed E-state index contributed by atoms with van der Waals surface area (Å²) in [6.07, 6.45) is 4.26. The first kappa shape index (κ1) is 13.7. The monoisotopic (exact) mass is 262 g/mol. The van der Waals surface area contributed by atoms with E-state index in [4.69, 9.17) is 10.5 Å². The molecule has 1 aliphatic carbocycles. The van der Waals surface area contributed by atoms with Gasteiger partial charge in [0.2, 0.25) is 0 Å². The van der Waals surface area contributed by atoms with E-state index in [1.165, 1.54) is 6.42 Å². The molecular weight excluding hydrogens is 240 g/mol. The zero-order chi connectivity index (χ0) is 13.9. The summed E-state index contributed by atoms with van der Waals surface area (Å²) in [5, 5.41) is 3.15. The molecule has 1 aliphatic rings. The Labute approximate surface area is 114 Å². The van der Waals surface area contributed by atoms with Crippen LogP contribution in [0.2, 0.25) is 0 Å². The quantitative estimate of drug-likeness (QED) is 0.802. The lowest BCUT2D eigenvalue weighted by Gasteiger charge is -2.42. The van der Waals surface area contributed by atoms with Crippen molar-refractivity contribution in [3.05, 3.63) is 23.8 Å². The highest BCUT2D eigenvalue weighted by atomic mass is 16.5. The van der Waals surface area contributed by atoms with E-state index in [1.807, 2.05) is 6.92 Å². The summed E-state index contributed by atoms with van der Waals surface area (Å²) < 4.78 is 5.50. The van der Waals surface area contributed by atoms with E-state index in [9.17, 15) is 4.79 Å². The Morgan fingerprint density at radius 3 is 2.68 bits per heavy atom. The van der Waals surface area contributed by atoms with Crippen molar-refractivity contribution in [2.24, 2.45) is 0 Å². The summed E-state index contributed by atoms with van der Waals surface area (Å²) in [4.78, 5) is 12.4. The number of rotatable bonds is 5. The highest BCUT2D eigenvalue weighted by molar-refractivity contribution is 5.99. The Kier molecular flexibility index (Phi) is 3.98. The van der Waals surface area contributed by atoms with Gasteiger partial charge >= 0.3 is 0 Å². The van der Waals surface area contributed by atoms with Crippen LogP contribution in [0.15, 0.2) is 18.2 Å². The predicted molar refractivity (Wildman–Crippen MR) is 76.4 cm³/mol. The van der Waals surface area contributed by atoms with Gasteiger partial charge < -0.3 is 15.8 Å². The fourth-order valence-corrected chi connectivity index (χ4v) is 2.52. The fraction of sp³-hybridized carbons (Fsp3) is 0.533. The molecule has 1 aromatic carbocycles. The fourth-order valence-electron chi connectivity index (χ4n) is 2.52. The molecule has 2 rings (SSSR count). The highest BCUT2D eigenvalue weighted by Crippen LogP contribution is 2.35. The molecular formula is C15H22N2O2. The number of carbonyl (C=O) groups is 1. The Morgan fingerprint density at radius 1 is 1.42 bits per heavy atom. The molecule has 1 aromatic rings. The number of hydrogen-bond acceptors (Lipinski definition) is 3. The van der Waals surface area contributed by atoms with E-state index in [2.05, 4.69) is 12.2 Å². The number of nitrogens with two attached hydrogens (primary N) is 1. The predicted octanol–water partition coefficient (Wildman–Crippen LogP) is 2.73. The lowest BCUT2D eigenvalue weighted by molar-refractivity contribution is 0.0817. The van der Waals surface area contributed by atoms with Gasteiger partial charge in [0, 0.05) is 5.54 Å². The van der Waals surface area contributed by atoms with Gasteiger partial charge in [0.15, 0.2) is 5.75 Å². The van der Waals surface area contributed by atoms with Gasteiger partial charge in [-0.25, -0.2) is 0 Å². The van der Waals surface area contributed by atoms with Crippen LogP contribution in [-0.2, 0) is 0 Å². The third-order valence-electron chi connectivity index (χ3n) is 3.94. The maximum atomic E-state index is 12.4. The molecule has 1 fully saturated rings. The molecule has 0 saturated heterocycles. The number of benzene rings is 1. The number of carbonyl (C=O) groups excluding carboxylic acids is 1. The zero-order valence-electron chi connectivity index (χ0n) is 11.7. The largest absolute Gasteiger partial charge is 0.491 e. The van der Waals surface area contributed by atoms with Gasteiger partial charge in [-0.1, -0.05) is 13.0 Å². The van der Waals surface area contributed by atoms with Crippen molar-refractivity contribution in [2.45, 2.75) is 45.1 Å². The van der Waals surface area contributed by atoms with Crippen molar-refractivity contribution in [3.8, 4) is 5.75 Å². The molecule has 1 amide bonds. The van der Waals surface area contributed by atoms with E-state index < -0.39 is 0 Å². The number of amides is 1. The normalized spacial score (nSPS) is 16.5. The average Bonchev–Trinajstić information content (AvgIpc) is 2.36. The van der Waals surface area contributed by atoms with Gasteiger partial charge in [-0.15, -0.1) is 0 Å². The molecule has 0 radical (unpaired) electrons. The van der Waals surface area contributed by atoms with Gasteiger partial charge in [0.1, 0.15) is 0 Å². The van der Waals surface area contributed by atoms with E-state index in [1.54, 1.807) is 18.2 Å². The maximum Gasteiger partial charge on any atom is 0.255 e. The third kappa shape index (κ3) is 2.67. The molecule has 0 unspecified atom stereocenters. The van der Waals surface area contributed by atoms with Crippen LogP contribution in [0, 0.1) is 0 Å². The van der Waals surface area contributed by atoms with Crippen LogP contribution in [0.25, 0.3) is 0 Å². The average molecular weight is 262 g/mol. The Hall–Kier alpha value is -1.71. The summed E-state index contributed by atoms with van der Waals surface area (Å²) in [7, 11) is 0. The van der Waals surface area contributed by atoms with Crippen molar-refractivity contribution < 1.29 is 9.53 Å². The summed E-state index contributed by atoms with van der Waals surface area (Å²) in [5.74, 6) is 0.408. The van der Waals surface area contributed by atoms with Gasteiger partial charge in [0.05, 0.1) is 17.9 Å². The topological polar surface area (TPSA) is 64.3 Å². The Bertz CT molecular complexity index is 462. The molecule has 104 valence electrons. The smallest absolute Gasteiger partial charge is 0.255 e. The van der Waals surface area contributed by atoms with E-state index in [0.717, 1.165) is 19.3 Å². The van der Waals surface area contributed by atoms with Crippen molar-refractivity contribution in [3.63, 3.8) is 0 Å². The number of nitrogen functional groups attached to an aromatic ring is 1. The van der Waals surface area contributed by atoms with Crippen LogP contribution in [0.3, 0.4) is 0 Å². The first-order valence-corrected chi connectivity index (χ1v) is 6.95. The van der Waals surface area contributed by atoms with E-state index >= 15 is 0 Å². The molecule has 0 atom stereocenters. The van der Waals surface area contributed by atoms with Crippen molar-refractivity contribution in [2.75, 3.05) is 12.3 Å². The molecule has 3 N–H and O–H groups in total. The first-order valence-electron chi connectivity index (χ1n) is 6.95. The number of hydrogen-bond donors (Lipinski definition) is 2. The first-order chi connectivity index (χ1) is 9.12. The minimum atomic E-state index is -0.0858. The lowest BCUT2D eigenvalue weighted by Crippen LogP contribution is -2.53. The molecule has 0 heterocycles. The Morgan fingerprint density at radius 2 is 2.16 bits per heavy atom. The molecule has 0 aliphatic heterocycles. The highest BCUT2D eigenvalue weighted by Gasteiger charge is 2.37. The summed E-state index contributed by atoms with van der Waals surface area (Å²) in [6, 6.07) is 5.30. The molecule has 4 heteroatoms. The van der Waals surface area contributed by atoms with E-state index in [-0.39, 0.29) is 11.4 Å². The van der Waals surface area contributed by atoms with Crippen molar-refractivity contribution >= 4 is 11.6 Å². The summed E-state index contributed by atoms with van der Waals surface area (Å²) in [5.41, 5.74) is 6.90. The van der Waals surface area contributed by atoms with Crippen LogP contribution in [0.5, 0.6) is 5.75 Å². The SMILES string of the molecule is CCOc1c(N)cccc1C(=O)NC1(CC)CCC1. The van der Waals surface area contributed by atoms with E-state index in [0.29, 0.717) is 23.6 Å². The second kappa shape index (κ2) is 5.51. The minimum Gasteiger partial charge on any atom is -0.491 e. The molecule has 0 aromatic heterocycles. The van der Waals surface area contributed by atoms with Crippen LogP contribution in [0.4, 0.5) is 5.69 Å². The standard InChI is InChI=1S/C15H22N2O2/c1-3-15(9-6-10-15)17-14(18)11-7-5-8-12(16)13(11)19-4-2/h5,7-8H,3-4,6,9-10,16H2,1-2H3,(H,17,18). The number of anilines is 1. The van der Waals surface area contributed by atoms with Gasteiger partial charge in [-0.3, -0.25) is 4.79 Å². The summed E-state index contributed by atoms with van der Waals surface area (Å²) >= 11 is 0. The summed E-state index contributed by atoms with van der Waals surface area (Å²) in [6.45, 7) is 4.49. The second-order valence-corrected chi connectivity index (χ2v) is 5.10. The minimum absolute atomic E-state index is 0.0226. The van der Waals surface area contributed by atoms with Crippen molar-refractivity contribution in [1.29, 1.82) is 0 Å². The maximum absolute atomic E-state index is 12.4. The van der Waals surface area contributed by atoms with Crippen LogP contribution in [-0.4, -0.2) is 18.1 Å². The third-order valence-corrected chi connectivity index (χ3v) is 3.94. The lowest BCUT2D eigenvalue weighted by atomic mass is 9.74. The molecule has 0 bridgehead atoms. The Balaban J connectivity index is 2.21. The molecule has 0 spiro atoms. The van der Waals surface area contributed by atoms with Gasteiger partial charge in [0.25, 0.3) is 5.91 Å². The van der Waals surface area contributed by atoms with Gasteiger partial charge in [-0.05, 0) is 44.7 Å². The van der Waals surface area contributed by atoms with Crippen LogP contribution >= 0.6 is 0 Å². The van der Waals surface area contributed by atoms with Crippen LogP contribution < -0.4 is 15.8 Å². The number of para-hydroxylation sites is 1. The second-order valence-electron chi connectivity index (χ2n) is 5.10. The van der Waals surface area contributed by atoms with Gasteiger partial charge in [-0.2, -0.15) is 0 Å². The number of ether oxygens (including phenoxy) is 1. The number of nitrogens with one attached hydrogen (secondary N) is 1. The molecule has 19 heavy (non-hydrogen) atoms. The molecule has 1 saturated carbocycles.